The first-order valence-corrected chi connectivity index (χ1v) is 13.1. The second-order valence-corrected chi connectivity index (χ2v) is 10.3. The summed E-state index contributed by atoms with van der Waals surface area (Å²) in [5.74, 6) is 0.788. The molecule has 0 heterocycles. The van der Waals surface area contributed by atoms with Gasteiger partial charge in [-0.15, -0.1) is 0 Å². The van der Waals surface area contributed by atoms with Gasteiger partial charge in [-0.2, -0.15) is 5.10 Å². The van der Waals surface area contributed by atoms with Crippen molar-refractivity contribution in [2.75, 3.05) is 24.8 Å². The van der Waals surface area contributed by atoms with Crippen molar-refractivity contribution < 1.29 is 22.7 Å². The molecule has 3 aromatic rings. The Morgan fingerprint density at radius 3 is 2.11 bits per heavy atom. The first-order chi connectivity index (χ1) is 17.0. The molecule has 0 atom stereocenters. The number of sulfonamides is 1. The fourth-order valence-corrected chi connectivity index (χ4v) is 4.41. The first-order valence-electron chi connectivity index (χ1n) is 11.2. The maximum atomic E-state index is 12.6. The molecule has 9 heteroatoms. The highest BCUT2D eigenvalue weighted by atomic mass is 32.2. The summed E-state index contributed by atoms with van der Waals surface area (Å²) in [5.41, 5.74) is 7.78. The Hall–Kier alpha value is -3.85. The summed E-state index contributed by atoms with van der Waals surface area (Å²) in [6, 6.07) is 17.7. The molecule has 1 amide bonds. The van der Waals surface area contributed by atoms with Gasteiger partial charge < -0.3 is 9.47 Å². The predicted octanol–water partition coefficient (Wildman–Crippen LogP) is 4.44. The minimum absolute atomic E-state index is 0.153. The average Bonchev–Trinajstić information content (AvgIpc) is 2.86. The molecule has 0 saturated carbocycles. The van der Waals surface area contributed by atoms with Crippen LogP contribution < -0.4 is 19.2 Å². The van der Waals surface area contributed by atoms with Gasteiger partial charge in [0.05, 0.1) is 38.4 Å². The molecule has 0 aliphatic rings. The number of hydrogen-bond donors (Lipinski definition) is 1. The van der Waals surface area contributed by atoms with Gasteiger partial charge in [0.25, 0.3) is 5.91 Å². The van der Waals surface area contributed by atoms with Crippen LogP contribution in [0.4, 0.5) is 5.69 Å². The second-order valence-electron chi connectivity index (χ2n) is 8.44. The van der Waals surface area contributed by atoms with E-state index in [1.54, 1.807) is 63.6 Å². The van der Waals surface area contributed by atoms with Gasteiger partial charge in [0.2, 0.25) is 10.0 Å². The topological polar surface area (TPSA) is 97.3 Å². The van der Waals surface area contributed by atoms with Gasteiger partial charge in [-0.05, 0) is 79.9 Å². The normalized spacial score (nSPS) is 11.7. The third-order valence-electron chi connectivity index (χ3n) is 5.85. The SMILES string of the molecule is COc1ccc(/C(C)=N\NC(=O)c2ccc(CN(c3ccc(C)c(C)c3)S(C)(=O)=O)cc2)cc1OC. The lowest BCUT2D eigenvalue weighted by Crippen LogP contribution is -2.29. The van der Waals surface area contributed by atoms with Crippen molar-refractivity contribution in [3.63, 3.8) is 0 Å². The van der Waals surface area contributed by atoms with E-state index in [1.807, 2.05) is 32.0 Å². The summed E-state index contributed by atoms with van der Waals surface area (Å²) in [4.78, 5) is 12.6. The Bertz CT molecular complexity index is 1380. The molecule has 0 bridgehead atoms. The Kier molecular flexibility index (Phi) is 8.37. The fourth-order valence-electron chi connectivity index (χ4n) is 3.53. The van der Waals surface area contributed by atoms with Crippen LogP contribution in [0.2, 0.25) is 0 Å². The van der Waals surface area contributed by atoms with Crippen molar-refractivity contribution in [3.05, 3.63) is 88.5 Å². The van der Waals surface area contributed by atoms with Crippen LogP contribution in [0.15, 0.2) is 65.8 Å². The maximum absolute atomic E-state index is 12.6. The molecule has 0 fully saturated rings. The molecule has 36 heavy (non-hydrogen) atoms. The van der Waals surface area contributed by atoms with Gasteiger partial charge in [-0.1, -0.05) is 18.2 Å². The number of hydrazone groups is 1. The predicted molar refractivity (Wildman–Crippen MR) is 143 cm³/mol. The Balaban J connectivity index is 1.73. The Morgan fingerprint density at radius 1 is 0.889 bits per heavy atom. The minimum atomic E-state index is -3.51. The van der Waals surface area contributed by atoms with Crippen LogP contribution in [0.5, 0.6) is 11.5 Å². The number of amides is 1. The number of hydrogen-bond acceptors (Lipinski definition) is 6. The van der Waals surface area contributed by atoms with E-state index in [0.29, 0.717) is 28.5 Å². The van der Waals surface area contributed by atoms with Crippen LogP contribution in [0.3, 0.4) is 0 Å². The highest BCUT2D eigenvalue weighted by molar-refractivity contribution is 7.92. The number of anilines is 1. The van der Waals surface area contributed by atoms with E-state index in [2.05, 4.69) is 10.5 Å². The molecular formula is C27H31N3O5S. The van der Waals surface area contributed by atoms with Gasteiger partial charge >= 0.3 is 0 Å². The van der Waals surface area contributed by atoms with E-state index >= 15 is 0 Å². The van der Waals surface area contributed by atoms with Gasteiger partial charge in [0.1, 0.15) is 0 Å². The summed E-state index contributed by atoms with van der Waals surface area (Å²) in [5, 5.41) is 4.19. The molecule has 0 saturated heterocycles. The van der Waals surface area contributed by atoms with Crippen LogP contribution in [0.25, 0.3) is 0 Å². The minimum Gasteiger partial charge on any atom is -0.493 e. The summed E-state index contributed by atoms with van der Waals surface area (Å²) >= 11 is 0. The zero-order valence-corrected chi connectivity index (χ0v) is 22.1. The van der Waals surface area contributed by atoms with Gasteiger partial charge in [0, 0.05) is 11.1 Å². The number of methoxy groups -OCH3 is 2. The Labute approximate surface area is 212 Å². The van der Waals surface area contributed by atoms with Gasteiger partial charge in [-0.25, -0.2) is 13.8 Å². The van der Waals surface area contributed by atoms with Crippen molar-refractivity contribution in [2.24, 2.45) is 5.10 Å². The smallest absolute Gasteiger partial charge is 0.271 e. The largest absolute Gasteiger partial charge is 0.493 e. The number of aryl methyl sites for hydroxylation is 2. The summed E-state index contributed by atoms with van der Waals surface area (Å²) in [6.07, 6.45) is 1.18. The van der Waals surface area contributed by atoms with E-state index in [4.69, 9.17) is 9.47 Å². The van der Waals surface area contributed by atoms with E-state index in [0.717, 1.165) is 22.3 Å². The maximum Gasteiger partial charge on any atom is 0.271 e. The Morgan fingerprint density at radius 2 is 1.53 bits per heavy atom. The average molecular weight is 510 g/mol. The summed E-state index contributed by atoms with van der Waals surface area (Å²) < 4.78 is 36.9. The van der Waals surface area contributed by atoms with E-state index in [-0.39, 0.29) is 12.5 Å². The molecule has 0 unspecified atom stereocenters. The van der Waals surface area contributed by atoms with Crippen LogP contribution in [0.1, 0.15) is 39.5 Å². The van der Waals surface area contributed by atoms with Gasteiger partial charge in [0.15, 0.2) is 11.5 Å². The third-order valence-corrected chi connectivity index (χ3v) is 6.99. The zero-order valence-electron chi connectivity index (χ0n) is 21.3. The van der Waals surface area contributed by atoms with Gasteiger partial charge in [-0.3, -0.25) is 9.10 Å². The number of ether oxygens (including phenoxy) is 2. The highest BCUT2D eigenvalue weighted by Crippen LogP contribution is 2.28. The highest BCUT2D eigenvalue weighted by Gasteiger charge is 2.19. The fraction of sp³-hybridized carbons (Fsp3) is 0.259. The van der Waals surface area contributed by atoms with Crippen LogP contribution in [-0.4, -0.2) is 40.5 Å². The molecule has 0 spiro atoms. The van der Waals surface area contributed by atoms with Crippen LogP contribution in [-0.2, 0) is 16.6 Å². The molecule has 1 N–H and O–H groups in total. The number of carbonyl (C=O) groups excluding carboxylic acids is 1. The molecule has 0 aliphatic heterocycles. The zero-order chi connectivity index (χ0) is 26.5. The van der Waals surface area contributed by atoms with Crippen molar-refractivity contribution in [1.82, 2.24) is 5.43 Å². The van der Waals surface area contributed by atoms with E-state index in [1.165, 1.54) is 10.6 Å². The molecule has 3 aromatic carbocycles. The summed E-state index contributed by atoms with van der Waals surface area (Å²) in [7, 11) is -0.393. The molecular weight excluding hydrogens is 478 g/mol. The van der Waals surface area contributed by atoms with Crippen molar-refractivity contribution >= 4 is 27.3 Å². The first kappa shape index (κ1) is 26.7. The number of carbonyl (C=O) groups is 1. The monoisotopic (exact) mass is 509 g/mol. The molecule has 8 nitrogen and oxygen atoms in total. The lowest BCUT2D eigenvalue weighted by atomic mass is 10.1. The van der Waals surface area contributed by atoms with Crippen molar-refractivity contribution in [2.45, 2.75) is 27.3 Å². The lowest BCUT2D eigenvalue weighted by molar-refractivity contribution is 0.0955. The number of nitrogens with zero attached hydrogens (tertiary/aromatic N) is 2. The second kappa shape index (κ2) is 11.3. The third kappa shape index (κ3) is 6.42. The quantitative estimate of drug-likeness (QED) is 0.340. The van der Waals surface area contributed by atoms with E-state index < -0.39 is 10.0 Å². The van der Waals surface area contributed by atoms with Crippen molar-refractivity contribution in [3.8, 4) is 11.5 Å². The molecule has 0 aromatic heterocycles. The lowest BCUT2D eigenvalue weighted by Gasteiger charge is -2.23. The number of nitrogens with one attached hydrogen (secondary N) is 1. The summed E-state index contributed by atoms with van der Waals surface area (Å²) in [6.45, 7) is 5.85. The van der Waals surface area contributed by atoms with Crippen molar-refractivity contribution in [1.29, 1.82) is 0 Å². The standard InChI is InChI=1S/C27H31N3O5S/c1-18-7-13-24(15-19(18)2)30(36(6,32)33)17-21-8-10-22(11-9-21)27(31)29-28-20(3)23-12-14-25(34-4)26(16-23)35-5/h7-16H,17H2,1-6H3,(H,29,31)/b28-20-. The number of benzene rings is 3. The molecule has 3 rings (SSSR count). The van der Waals surface area contributed by atoms with E-state index in [9.17, 15) is 13.2 Å². The molecule has 190 valence electrons. The van der Waals surface area contributed by atoms with Crippen LogP contribution in [0, 0.1) is 13.8 Å². The number of rotatable bonds is 9. The van der Waals surface area contributed by atoms with Crippen LogP contribution >= 0.6 is 0 Å². The molecule has 0 radical (unpaired) electrons. The molecule has 0 aliphatic carbocycles.